The molecule has 0 spiro atoms. The van der Waals surface area contributed by atoms with Crippen LogP contribution in [-0.2, 0) is 17.9 Å². The van der Waals surface area contributed by atoms with Crippen molar-refractivity contribution in [3.05, 3.63) is 151 Å². The molecule has 3 aliphatic rings. The van der Waals surface area contributed by atoms with Crippen LogP contribution >= 0.6 is 0 Å². The molecule has 0 N–H and O–H groups in total. The molecule has 3 nitrogen and oxygen atoms in total. The summed E-state index contributed by atoms with van der Waals surface area (Å²) in [4.78, 5) is 4.74. The van der Waals surface area contributed by atoms with Gasteiger partial charge in [0, 0.05) is 35.9 Å². The van der Waals surface area contributed by atoms with E-state index in [0.717, 1.165) is 36.1 Å². The van der Waals surface area contributed by atoms with E-state index < -0.39 is 0 Å². The van der Waals surface area contributed by atoms with Crippen LogP contribution < -0.4 is 0 Å². The van der Waals surface area contributed by atoms with Crippen LogP contribution in [0.1, 0.15) is 35.6 Å². The highest BCUT2D eigenvalue weighted by Gasteiger charge is 2.55. The predicted octanol–water partition coefficient (Wildman–Crippen LogP) is 9.41. The third-order valence-corrected chi connectivity index (χ3v) is 10.6. The van der Waals surface area contributed by atoms with E-state index >= 15 is 0 Å². The summed E-state index contributed by atoms with van der Waals surface area (Å²) in [6.45, 7) is 8.17. The largest absolute Gasteiger partial charge is 0.363 e. The fourth-order valence-electron chi connectivity index (χ4n) is 8.49. The fourth-order valence-corrected chi connectivity index (χ4v) is 8.49. The lowest BCUT2D eigenvalue weighted by molar-refractivity contribution is -0.984. The molecule has 0 saturated carbocycles. The summed E-state index contributed by atoms with van der Waals surface area (Å²) in [7, 11) is 0. The highest BCUT2D eigenvalue weighted by molar-refractivity contribution is 6.02. The summed E-state index contributed by atoms with van der Waals surface area (Å²) in [5.41, 5.74) is 4.97. The van der Waals surface area contributed by atoms with Gasteiger partial charge in [-0.3, -0.25) is 4.98 Å². The minimum absolute atomic E-state index is 0.0575. The maximum absolute atomic E-state index is 7.15. The number of quaternary nitrogens is 1. The van der Waals surface area contributed by atoms with Gasteiger partial charge in [0.15, 0.2) is 0 Å². The molecule has 3 heteroatoms. The molecular formula is C41H39N2O+. The van der Waals surface area contributed by atoms with E-state index in [-0.39, 0.29) is 6.10 Å². The fraction of sp³-hybridized carbons (Fsp3) is 0.244. The number of hydrogen-bond acceptors (Lipinski definition) is 2. The molecule has 1 unspecified atom stereocenters. The average Bonchev–Trinajstić information content (AvgIpc) is 3.09. The van der Waals surface area contributed by atoms with Gasteiger partial charge in [-0.1, -0.05) is 103 Å². The Morgan fingerprint density at radius 2 is 1.50 bits per heavy atom. The van der Waals surface area contributed by atoms with Crippen molar-refractivity contribution < 1.29 is 9.22 Å². The second kappa shape index (κ2) is 11.3. The zero-order valence-corrected chi connectivity index (χ0v) is 25.2. The average molecular weight is 576 g/mol. The minimum atomic E-state index is -0.0575. The van der Waals surface area contributed by atoms with E-state index in [1.165, 1.54) is 50.0 Å². The number of para-hydroxylation sites is 1. The minimum Gasteiger partial charge on any atom is -0.363 e. The maximum Gasteiger partial charge on any atom is 0.135 e. The molecule has 3 aliphatic heterocycles. The Kier molecular flexibility index (Phi) is 7.01. The maximum atomic E-state index is 7.15. The van der Waals surface area contributed by atoms with E-state index in [1.807, 2.05) is 6.20 Å². The first-order valence-corrected chi connectivity index (χ1v) is 16.1. The van der Waals surface area contributed by atoms with Gasteiger partial charge < -0.3 is 9.22 Å². The number of ether oxygens (including phenoxy) is 1. The van der Waals surface area contributed by atoms with Gasteiger partial charge in [-0.05, 0) is 56.8 Å². The highest BCUT2D eigenvalue weighted by Crippen LogP contribution is 2.50. The molecule has 0 radical (unpaired) electrons. The van der Waals surface area contributed by atoms with Gasteiger partial charge in [-0.2, -0.15) is 0 Å². The van der Waals surface area contributed by atoms with Crippen molar-refractivity contribution in [3.63, 3.8) is 0 Å². The lowest BCUT2D eigenvalue weighted by atomic mass is 9.70. The molecule has 1 aromatic heterocycles. The Balaban J connectivity index is 1.30. The van der Waals surface area contributed by atoms with Crippen LogP contribution in [0.2, 0.25) is 0 Å². The van der Waals surface area contributed by atoms with Crippen LogP contribution in [0.3, 0.4) is 0 Å². The van der Waals surface area contributed by atoms with Crippen molar-refractivity contribution in [1.29, 1.82) is 0 Å². The number of piperidine rings is 3. The van der Waals surface area contributed by atoms with Gasteiger partial charge in [0.05, 0.1) is 25.2 Å². The number of pyridine rings is 1. The highest BCUT2D eigenvalue weighted by atomic mass is 16.5. The molecule has 5 atom stereocenters. The molecule has 3 saturated heterocycles. The summed E-state index contributed by atoms with van der Waals surface area (Å²) < 4.78 is 8.17. The van der Waals surface area contributed by atoms with Crippen molar-refractivity contribution in [1.82, 2.24) is 4.98 Å². The van der Waals surface area contributed by atoms with Crippen LogP contribution in [0, 0.1) is 11.8 Å². The Hall–Kier alpha value is -4.31. The van der Waals surface area contributed by atoms with Crippen molar-refractivity contribution in [2.75, 3.05) is 13.1 Å². The van der Waals surface area contributed by atoms with Crippen molar-refractivity contribution in [3.8, 4) is 0 Å². The number of nitrogens with zero attached hydrogens (tertiary/aromatic N) is 2. The van der Waals surface area contributed by atoms with E-state index in [0.29, 0.717) is 24.5 Å². The first kappa shape index (κ1) is 27.3. The normalized spacial score (nSPS) is 23.7. The zero-order valence-electron chi connectivity index (χ0n) is 25.2. The van der Waals surface area contributed by atoms with Crippen molar-refractivity contribution >= 4 is 32.4 Å². The third kappa shape index (κ3) is 4.72. The quantitative estimate of drug-likeness (QED) is 0.102. The van der Waals surface area contributed by atoms with E-state index in [2.05, 4.69) is 128 Å². The van der Waals surface area contributed by atoms with Gasteiger partial charge >= 0.3 is 0 Å². The molecule has 218 valence electrons. The Morgan fingerprint density at radius 3 is 2.25 bits per heavy atom. The van der Waals surface area contributed by atoms with Gasteiger partial charge in [0.1, 0.15) is 18.7 Å². The third-order valence-electron chi connectivity index (χ3n) is 10.6. The molecule has 3 fully saturated rings. The standard InChI is InChI=1S/C41H39N2O/c1-2-30-26-43(27-38-34-16-8-6-14-32(34)24-33-15-7-9-17-35(33)38)23-21-31(30)25-40(43)41(44-28-29-12-4-3-5-13-29)37-20-22-42-39-19-11-10-18-36(37)39/h2-20,22,24,30-31,40-41H,1,21,23,25-28H2/q+1/t30-,31-,40-,41-,43?/m0/s1. The first-order chi connectivity index (χ1) is 21.7. The van der Waals surface area contributed by atoms with Crippen molar-refractivity contribution in [2.45, 2.75) is 38.1 Å². The van der Waals surface area contributed by atoms with Crippen LogP contribution in [0.4, 0.5) is 0 Å². The van der Waals surface area contributed by atoms with E-state index in [1.54, 1.807) is 0 Å². The Labute approximate surface area is 260 Å². The molecule has 44 heavy (non-hydrogen) atoms. The van der Waals surface area contributed by atoms with Gasteiger partial charge in [-0.15, -0.1) is 6.58 Å². The lowest BCUT2D eigenvalue weighted by Crippen LogP contribution is -2.67. The summed E-state index contributed by atoms with van der Waals surface area (Å²) in [5.74, 6) is 1.16. The summed E-state index contributed by atoms with van der Waals surface area (Å²) in [5, 5.41) is 6.58. The van der Waals surface area contributed by atoms with E-state index in [9.17, 15) is 0 Å². The Bertz CT molecular complexity index is 1910. The van der Waals surface area contributed by atoms with Gasteiger partial charge in [0.2, 0.25) is 0 Å². The first-order valence-electron chi connectivity index (χ1n) is 16.1. The molecule has 6 aromatic rings. The molecule has 0 aliphatic carbocycles. The molecule has 0 amide bonds. The predicted molar refractivity (Wildman–Crippen MR) is 181 cm³/mol. The van der Waals surface area contributed by atoms with Crippen LogP contribution in [0.15, 0.2) is 134 Å². The second-order valence-electron chi connectivity index (χ2n) is 13.0. The lowest BCUT2D eigenvalue weighted by Gasteiger charge is -2.58. The molecule has 9 rings (SSSR count). The summed E-state index contributed by atoms with van der Waals surface area (Å²) in [6, 6.07) is 42.0. The van der Waals surface area contributed by atoms with Crippen molar-refractivity contribution in [2.24, 2.45) is 11.8 Å². The number of hydrogen-bond donors (Lipinski definition) is 0. The Morgan fingerprint density at radius 1 is 0.818 bits per heavy atom. The van der Waals surface area contributed by atoms with Gasteiger partial charge in [-0.25, -0.2) is 0 Å². The monoisotopic (exact) mass is 575 g/mol. The molecule has 5 aromatic carbocycles. The smallest absolute Gasteiger partial charge is 0.135 e. The SMILES string of the molecule is C=C[C@H]1C[N+]2(Cc3c4ccccc4cc4ccccc34)CC[C@H]1C[C@H]2[C@@H](OCc1ccccc1)c1ccnc2ccccc12. The zero-order chi connectivity index (χ0) is 29.5. The van der Waals surface area contributed by atoms with Crippen LogP contribution in [0.5, 0.6) is 0 Å². The topological polar surface area (TPSA) is 22.1 Å². The number of benzene rings is 5. The van der Waals surface area contributed by atoms with Crippen LogP contribution in [0.25, 0.3) is 32.4 Å². The number of aromatic nitrogens is 1. The van der Waals surface area contributed by atoms with E-state index in [4.69, 9.17) is 9.72 Å². The number of rotatable bonds is 8. The molecular weight excluding hydrogens is 536 g/mol. The van der Waals surface area contributed by atoms with Crippen LogP contribution in [-0.4, -0.2) is 28.6 Å². The van der Waals surface area contributed by atoms with Gasteiger partial charge in [0.25, 0.3) is 0 Å². The summed E-state index contributed by atoms with van der Waals surface area (Å²) in [6.07, 6.45) is 6.53. The molecule has 4 heterocycles. The second-order valence-corrected chi connectivity index (χ2v) is 13.0. The number of fused-ring (bicyclic) bond motifs is 6. The summed E-state index contributed by atoms with van der Waals surface area (Å²) >= 11 is 0. The molecule has 2 bridgehead atoms.